The molecular formula is C18H14FN3O. The smallest absolute Gasteiger partial charge is 0.274 e. The molecule has 0 bridgehead atoms. The second-order valence-electron chi connectivity index (χ2n) is 5.60. The van der Waals surface area contributed by atoms with Gasteiger partial charge < -0.3 is 4.90 Å². The highest BCUT2D eigenvalue weighted by Gasteiger charge is 2.34. The number of halogens is 1. The zero-order chi connectivity index (χ0) is 15.8. The number of para-hydroxylation sites is 2. The number of carbonyl (C=O) groups excluding carboxylic acids is 1. The van der Waals surface area contributed by atoms with Gasteiger partial charge in [-0.3, -0.25) is 9.78 Å². The average molecular weight is 307 g/mol. The number of rotatable bonds is 2. The van der Waals surface area contributed by atoms with Crippen LogP contribution in [0.2, 0.25) is 0 Å². The first-order valence-electron chi connectivity index (χ1n) is 7.50. The molecule has 2 aromatic carbocycles. The summed E-state index contributed by atoms with van der Waals surface area (Å²) in [5.74, 6) is -0.407. The Morgan fingerprint density at radius 3 is 2.52 bits per heavy atom. The van der Waals surface area contributed by atoms with Crippen LogP contribution in [0.4, 0.5) is 4.39 Å². The molecule has 0 unspecified atom stereocenters. The Morgan fingerprint density at radius 1 is 1.09 bits per heavy atom. The van der Waals surface area contributed by atoms with E-state index < -0.39 is 0 Å². The quantitative estimate of drug-likeness (QED) is 0.729. The van der Waals surface area contributed by atoms with E-state index in [0.717, 1.165) is 17.5 Å². The van der Waals surface area contributed by atoms with Crippen LogP contribution in [-0.4, -0.2) is 27.3 Å². The molecule has 4 rings (SSSR count). The van der Waals surface area contributed by atoms with Gasteiger partial charge >= 0.3 is 0 Å². The molecule has 23 heavy (non-hydrogen) atoms. The van der Waals surface area contributed by atoms with Crippen molar-refractivity contribution in [1.82, 2.24) is 14.9 Å². The predicted octanol–water partition coefficient (Wildman–Crippen LogP) is 3.36. The van der Waals surface area contributed by atoms with Crippen LogP contribution in [0.3, 0.4) is 0 Å². The van der Waals surface area contributed by atoms with Crippen molar-refractivity contribution in [3.8, 4) is 0 Å². The molecule has 1 fully saturated rings. The largest absolute Gasteiger partial charge is 0.330 e. The highest BCUT2D eigenvalue weighted by atomic mass is 19.1. The first-order chi connectivity index (χ1) is 11.2. The van der Waals surface area contributed by atoms with E-state index in [0.29, 0.717) is 17.8 Å². The van der Waals surface area contributed by atoms with Gasteiger partial charge in [0, 0.05) is 6.54 Å². The van der Waals surface area contributed by atoms with Crippen LogP contribution >= 0.6 is 0 Å². The highest BCUT2D eigenvalue weighted by Crippen LogP contribution is 2.34. The molecule has 4 nitrogen and oxygen atoms in total. The van der Waals surface area contributed by atoms with Crippen molar-refractivity contribution in [3.05, 3.63) is 71.8 Å². The molecule has 1 saturated heterocycles. The maximum atomic E-state index is 13.0. The molecule has 0 aliphatic carbocycles. The van der Waals surface area contributed by atoms with Gasteiger partial charge in [0.2, 0.25) is 0 Å². The standard InChI is InChI=1S/C18H14FN3O/c19-13-7-5-12(6-8-13)17-9-10-22(17)18(23)16-11-20-14-3-1-2-4-15(14)21-16/h1-8,11,17H,9-10H2/t17-/m1/s1. The molecule has 5 heteroatoms. The summed E-state index contributed by atoms with van der Waals surface area (Å²) in [4.78, 5) is 23.1. The van der Waals surface area contributed by atoms with Crippen LogP contribution in [0.1, 0.15) is 28.5 Å². The first-order valence-corrected chi connectivity index (χ1v) is 7.50. The molecule has 1 aliphatic heterocycles. The zero-order valence-corrected chi connectivity index (χ0v) is 12.3. The molecule has 1 aliphatic rings. The van der Waals surface area contributed by atoms with Crippen LogP contribution < -0.4 is 0 Å². The second-order valence-corrected chi connectivity index (χ2v) is 5.60. The summed E-state index contributed by atoms with van der Waals surface area (Å²) >= 11 is 0. The molecule has 0 saturated carbocycles. The van der Waals surface area contributed by atoms with E-state index in [4.69, 9.17) is 0 Å². The molecule has 0 radical (unpaired) electrons. The number of amides is 1. The Kier molecular flexibility index (Phi) is 3.26. The molecular weight excluding hydrogens is 293 g/mol. The number of hydrogen-bond acceptors (Lipinski definition) is 3. The maximum Gasteiger partial charge on any atom is 0.274 e. The number of hydrogen-bond donors (Lipinski definition) is 0. The summed E-state index contributed by atoms with van der Waals surface area (Å²) in [6, 6.07) is 13.7. The van der Waals surface area contributed by atoms with Crippen molar-refractivity contribution in [2.45, 2.75) is 12.5 Å². The highest BCUT2D eigenvalue weighted by molar-refractivity contribution is 5.94. The van der Waals surface area contributed by atoms with E-state index in [-0.39, 0.29) is 17.8 Å². The number of likely N-dealkylation sites (tertiary alicyclic amines) is 1. The Hall–Kier alpha value is -2.82. The van der Waals surface area contributed by atoms with Crippen LogP contribution in [-0.2, 0) is 0 Å². The summed E-state index contributed by atoms with van der Waals surface area (Å²) in [5.41, 5.74) is 2.76. The van der Waals surface area contributed by atoms with Crippen molar-refractivity contribution in [2.75, 3.05) is 6.54 Å². The Balaban J connectivity index is 1.61. The van der Waals surface area contributed by atoms with Gasteiger partial charge in [-0.05, 0) is 36.2 Å². The van der Waals surface area contributed by atoms with Gasteiger partial charge in [-0.1, -0.05) is 24.3 Å². The summed E-state index contributed by atoms with van der Waals surface area (Å²) < 4.78 is 13.0. The van der Waals surface area contributed by atoms with Gasteiger partial charge in [-0.2, -0.15) is 0 Å². The molecule has 114 valence electrons. The molecule has 1 atom stereocenters. The summed E-state index contributed by atoms with van der Waals surface area (Å²) in [7, 11) is 0. The fraction of sp³-hybridized carbons (Fsp3) is 0.167. The van der Waals surface area contributed by atoms with Gasteiger partial charge in [0.1, 0.15) is 11.5 Å². The van der Waals surface area contributed by atoms with Gasteiger partial charge in [0.15, 0.2) is 0 Å². The summed E-state index contributed by atoms with van der Waals surface area (Å²) in [6.07, 6.45) is 2.39. The monoisotopic (exact) mass is 307 g/mol. The molecule has 0 N–H and O–H groups in total. The van der Waals surface area contributed by atoms with Crippen LogP contribution in [0, 0.1) is 5.82 Å². The molecule has 1 amide bonds. The van der Waals surface area contributed by atoms with Gasteiger partial charge in [-0.15, -0.1) is 0 Å². The van der Waals surface area contributed by atoms with Gasteiger partial charge in [0.25, 0.3) is 5.91 Å². The average Bonchev–Trinajstić information content (AvgIpc) is 2.55. The minimum Gasteiger partial charge on any atom is -0.330 e. The number of carbonyl (C=O) groups is 1. The SMILES string of the molecule is O=C(c1cnc2ccccc2n1)N1CC[C@@H]1c1ccc(F)cc1. The van der Waals surface area contributed by atoms with Crippen molar-refractivity contribution in [3.63, 3.8) is 0 Å². The van der Waals surface area contributed by atoms with Gasteiger partial charge in [-0.25, -0.2) is 9.37 Å². The fourth-order valence-electron chi connectivity index (χ4n) is 2.87. The first kappa shape index (κ1) is 13.8. The lowest BCUT2D eigenvalue weighted by molar-refractivity contribution is 0.0454. The Morgan fingerprint density at radius 2 is 1.83 bits per heavy atom. The third-order valence-corrected chi connectivity index (χ3v) is 4.20. The number of benzene rings is 2. The third kappa shape index (κ3) is 2.44. The fourth-order valence-corrected chi connectivity index (χ4v) is 2.87. The Labute approximate surface area is 132 Å². The topological polar surface area (TPSA) is 46.1 Å². The Bertz CT molecular complexity index is 879. The normalized spacial score (nSPS) is 17.1. The lowest BCUT2D eigenvalue weighted by atomic mass is 9.94. The minimum absolute atomic E-state index is 0.0172. The van der Waals surface area contributed by atoms with Crippen LogP contribution in [0.15, 0.2) is 54.7 Å². The van der Waals surface area contributed by atoms with Crippen LogP contribution in [0.25, 0.3) is 11.0 Å². The second kappa shape index (κ2) is 5.43. The maximum absolute atomic E-state index is 13.0. The lowest BCUT2D eigenvalue weighted by Crippen LogP contribution is -2.45. The molecule has 2 heterocycles. The van der Waals surface area contributed by atoms with Crippen molar-refractivity contribution in [2.24, 2.45) is 0 Å². The van der Waals surface area contributed by atoms with Gasteiger partial charge in [0.05, 0.1) is 23.3 Å². The minimum atomic E-state index is -0.272. The van der Waals surface area contributed by atoms with E-state index in [1.165, 1.54) is 18.3 Å². The lowest BCUT2D eigenvalue weighted by Gasteiger charge is -2.41. The number of aromatic nitrogens is 2. The molecule has 0 spiro atoms. The predicted molar refractivity (Wildman–Crippen MR) is 84.3 cm³/mol. The number of nitrogens with zero attached hydrogens (tertiary/aromatic N) is 3. The summed E-state index contributed by atoms with van der Waals surface area (Å²) in [6.45, 7) is 0.676. The number of fused-ring (bicyclic) bond motifs is 1. The van der Waals surface area contributed by atoms with E-state index in [1.807, 2.05) is 24.3 Å². The summed E-state index contributed by atoms with van der Waals surface area (Å²) in [5, 5.41) is 0. The molecule has 3 aromatic rings. The van der Waals surface area contributed by atoms with E-state index >= 15 is 0 Å². The van der Waals surface area contributed by atoms with Crippen molar-refractivity contribution < 1.29 is 9.18 Å². The van der Waals surface area contributed by atoms with Crippen molar-refractivity contribution >= 4 is 16.9 Å². The third-order valence-electron chi connectivity index (χ3n) is 4.20. The van der Waals surface area contributed by atoms with Crippen molar-refractivity contribution in [1.29, 1.82) is 0 Å². The van der Waals surface area contributed by atoms with E-state index in [2.05, 4.69) is 9.97 Å². The zero-order valence-electron chi connectivity index (χ0n) is 12.3. The van der Waals surface area contributed by atoms with E-state index in [1.54, 1.807) is 17.0 Å². The van der Waals surface area contributed by atoms with Crippen LogP contribution in [0.5, 0.6) is 0 Å². The van der Waals surface area contributed by atoms with E-state index in [9.17, 15) is 9.18 Å². The molecule has 1 aromatic heterocycles.